The van der Waals surface area contributed by atoms with Crippen molar-refractivity contribution in [3.63, 3.8) is 0 Å². The molecule has 1 N–H and O–H groups in total. The molecule has 1 aromatic carbocycles. The number of benzene rings is 1. The molecular formula is C15H20F3NO. The Balaban J connectivity index is 1.86. The Kier molecular flexibility index (Phi) is 4.58. The van der Waals surface area contributed by atoms with Crippen LogP contribution in [0.5, 0.6) is 5.75 Å². The lowest BCUT2D eigenvalue weighted by Gasteiger charge is -2.21. The minimum absolute atomic E-state index is 0.168. The van der Waals surface area contributed by atoms with Gasteiger partial charge in [-0.1, -0.05) is 19.1 Å². The molecule has 0 heterocycles. The normalized spacial score (nSPS) is 18.6. The van der Waals surface area contributed by atoms with E-state index in [0.29, 0.717) is 18.0 Å². The van der Waals surface area contributed by atoms with Crippen molar-refractivity contribution in [2.45, 2.75) is 51.6 Å². The first-order valence-corrected chi connectivity index (χ1v) is 6.94. The van der Waals surface area contributed by atoms with Gasteiger partial charge in [0, 0.05) is 12.1 Å². The summed E-state index contributed by atoms with van der Waals surface area (Å²) in [6, 6.07) is 7.20. The standard InChI is InChI=1S/C15H20F3NO/c1-10(11(2)19-13-5-6-13)9-12-3-7-14(8-4-12)20-15(16,17)18/h3-4,7-8,10-11,13,19H,5-6,9H2,1-2H3. The predicted octanol–water partition coefficient (Wildman–Crippen LogP) is 3.90. The molecule has 0 aliphatic heterocycles. The van der Waals surface area contributed by atoms with E-state index in [1.54, 1.807) is 12.1 Å². The largest absolute Gasteiger partial charge is 0.573 e. The second-order valence-electron chi connectivity index (χ2n) is 5.60. The number of alkyl halides is 3. The van der Waals surface area contributed by atoms with E-state index in [4.69, 9.17) is 0 Å². The summed E-state index contributed by atoms with van der Waals surface area (Å²) in [5, 5.41) is 3.54. The molecule has 0 amide bonds. The van der Waals surface area contributed by atoms with E-state index < -0.39 is 6.36 Å². The minimum Gasteiger partial charge on any atom is -0.406 e. The summed E-state index contributed by atoms with van der Waals surface area (Å²) < 4.78 is 40.0. The maximum Gasteiger partial charge on any atom is 0.573 e. The van der Waals surface area contributed by atoms with E-state index in [9.17, 15) is 13.2 Å². The molecule has 0 radical (unpaired) electrons. The second kappa shape index (κ2) is 6.04. The Hall–Kier alpha value is -1.23. The van der Waals surface area contributed by atoms with E-state index in [2.05, 4.69) is 23.9 Å². The van der Waals surface area contributed by atoms with Gasteiger partial charge in [-0.2, -0.15) is 0 Å². The van der Waals surface area contributed by atoms with Crippen LogP contribution in [0.2, 0.25) is 0 Å². The molecule has 0 saturated heterocycles. The lowest BCUT2D eigenvalue weighted by molar-refractivity contribution is -0.274. The van der Waals surface area contributed by atoms with Crippen LogP contribution in [0.1, 0.15) is 32.3 Å². The topological polar surface area (TPSA) is 21.3 Å². The van der Waals surface area contributed by atoms with Gasteiger partial charge in [0.05, 0.1) is 0 Å². The van der Waals surface area contributed by atoms with Crippen LogP contribution < -0.4 is 10.1 Å². The minimum atomic E-state index is -4.63. The van der Waals surface area contributed by atoms with Gasteiger partial charge in [0.2, 0.25) is 0 Å². The van der Waals surface area contributed by atoms with Gasteiger partial charge in [0.25, 0.3) is 0 Å². The zero-order chi connectivity index (χ0) is 14.8. The van der Waals surface area contributed by atoms with E-state index >= 15 is 0 Å². The average Bonchev–Trinajstić information content (AvgIpc) is 3.13. The van der Waals surface area contributed by atoms with Crippen molar-refractivity contribution >= 4 is 0 Å². The van der Waals surface area contributed by atoms with Gasteiger partial charge in [-0.15, -0.1) is 13.2 Å². The van der Waals surface area contributed by atoms with Gasteiger partial charge in [0.15, 0.2) is 0 Å². The van der Waals surface area contributed by atoms with E-state index in [0.717, 1.165) is 12.0 Å². The Morgan fingerprint density at radius 2 is 1.80 bits per heavy atom. The third-order valence-electron chi connectivity index (χ3n) is 3.64. The summed E-state index contributed by atoms with van der Waals surface area (Å²) in [5.41, 5.74) is 1.02. The summed E-state index contributed by atoms with van der Waals surface area (Å²) >= 11 is 0. The fourth-order valence-corrected chi connectivity index (χ4v) is 2.16. The van der Waals surface area contributed by atoms with Crippen molar-refractivity contribution < 1.29 is 17.9 Å². The molecule has 1 aliphatic carbocycles. The maximum atomic E-state index is 12.1. The molecule has 2 unspecified atom stereocenters. The van der Waals surface area contributed by atoms with Gasteiger partial charge >= 0.3 is 6.36 Å². The molecule has 1 saturated carbocycles. The molecule has 2 rings (SSSR count). The zero-order valence-corrected chi connectivity index (χ0v) is 11.7. The number of halogens is 3. The summed E-state index contributed by atoms with van der Waals surface area (Å²) in [5.74, 6) is 0.267. The van der Waals surface area contributed by atoms with Crippen LogP contribution in [0.25, 0.3) is 0 Å². The number of hydrogen-bond acceptors (Lipinski definition) is 2. The quantitative estimate of drug-likeness (QED) is 0.856. The highest BCUT2D eigenvalue weighted by Gasteiger charge is 2.31. The van der Waals surface area contributed by atoms with Gasteiger partial charge in [-0.25, -0.2) is 0 Å². The molecule has 0 aromatic heterocycles. The highest BCUT2D eigenvalue weighted by molar-refractivity contribution is 5.27. The average molecular weight is 287 g/mol. The van der Waals surface area contributed by atoms with Crippen LogP contribution in [0.3, 0.4) is 0 Å². The van der Waals surface area contributed by atoms with Crippen molar-refractivity contribution in [2.75, 3.05) is 0 Å². The van der Waals surface area contributed by atoms with Crippen molar-refractivity contribution in [3.05, 3.63) is 29.8 Å². The number of ether oxygens (including phenoxy) is 1. The van der Waals surface area contributed by atoms with E-state index in [-0.39, 0.29) is 5.75 Å². The third-order valence-corrected chi connectivity index (χ3v) is 3.64. The summed E-state index contributed by atoms with van der Waals surface area (Å²) in [4.78, 5) is 0. The van der Waals surface area contributed by atoms with Gasteiger partial charge in [-0.05, 0) is 49.8 Å². The first-order valence-electron chi connectivity index (χ1n) is 6.94. The predicted molar refractivity (Wildman–Crippen MR) is 71.6 cm³/mol. The molecule has 0 spiro atoms. The van der Waals surface area contributed by atoms with Crippen LogP contribution in [-0.2, 0) is 6.42 Å². The molecule has 1 aliphatic rings. The monoisotopic (exact) mass is 287 g/mol. The Bertz CT molecular complexity index is 426. The first-order chi connectivity index (χ1) is 9.33. The SMILES string of the molecule is CC(Cc1ccc(OC(F)(F)F)cc1)C(C)NC1CC1. The molecular weight excluding hydrogens is 267 g/mol. The molecule has 0 bridgehead atoms. The molecule has 2 atom stereocenters. The van der Waals surface area contributed by atoms with Gasteiger partial charge in [0.1, 0.15) is 5.75 Å². The number of nitrogens with one attached hydrogen (secondary N) is 1. The Morgan fingerprint density at radius 1 is 1.20 bits per heavy atom. The zero-order valence-electron chi connectivity index (χ0n) is 11.7. The lowest BCUT2D eigenvalue weighted by Crippen LogP contribution is -2.34. The number of rotatable bonds is 6. The molecule has 1 fully saturated rings. The summed E-state index contributed by atoms with van der Waals surface area (Å²) in [6.45, 7) is 4.31. The summed E-state index contributed by atoms with van der Waals surface area (Å²) in [6.07, 6.45) is -1.29. The van der Waals surface area contributed by atoms with Crippen molar-refractivity contribution in [2.24, 2.45) is 5.92 Å². The Labute approximate surface area is 117 Å². The van der Waals surface area contributed by atoms with E-state index in [1.807, 2.05) is 0 Å². The summed E-state index contributed by atoms with van der Waals surface area (Å²) in [7, 11) is 0. The fourth-order valence-electron chi connectivity index (χ4n) is 2.16. The molecule has 1 aromatic rings. The number of hydrogen-bond donors (Lipinski definition) is 1. The Morgan fingerprint density at radius 3 is 2.30 bits per heavy atom. The molecule has 20 heavy (non-hydrogen) atoms. The van der Waals surface area contributed by atoms with Crippen molar-refractivity contribution in [3.8, 4) is 5.75 Å². The first kappa shape index (κ1) is 15.2. The van der Waals surface area contributed by atoms with Crippen LogP contribution in [0.4, 0.5) is 13.2 Å². The molecule has 112 valence electrons. The third kappa shape index (κ3) is 5.04. The van der Waals surface area contributed by atoms with Crippen LogP contribution in [-0.4, -0.2) is 18.4 Å². The second-order valence-corrected chi connectivity index (χ2v) is 5.60. The van der Waals surface area contributed by atoms with Crippen molar-refractivity contribution in [1.82, 2.24) is 5.32 Å². The molecule has 2 nitrogen and oxygen atoms in total. The van der Waals surface area contributed by atoms with Crippen LogP contribution >= 0.6 is 0 Å². The van der Waals surface area contributed by atoms with E-state index in [1.165, 1.54) is 25.0 Å². The van der Waals surface area contributed by atoms with Crippen LogP contribution in [0, 0.1) is 5.92 Å². The maximum absolute atomic E-state index is 12.1. The smallest absolute Gasteiger partial charge is 0.406 e. The fraction of sp³-hybridized carbons (Fsp3) is 0.600. The van der Waals surface area contributed by atoms with Gasteiger partial charge < -0.3 is 10.1 Å². The highest BCUT2D eigenvalue weighted by Crippen LogP contribution is 2.25. The van der Waals surface area contributed by atoms with Crippen molar-refractivity contribution in [1.29, 1.82) is 0 Å². The molecule has 5 heteroatoms. The lowest BCUT2D eigenvalue weighted by atomic mass is 9.95. The van der Waals surface area contributed by atoms with Crippen LogP contribution in [0.15, 0.2) is 24.3 Å². The van der Waals surface area contributed by atoms with Gasteiger partial charge in [-0.3, -0.25) is 0 Å². The highest BCUT2D eigenvalue weighted by atomic mass is 19.4.